The van der Waals surface area contributed by atoms with Crippen molar-refractivity contribution in [3.63, 3.8) is 0 Å². The van der Waals surface area contributed by atoms with Crippen molar-refractivity contribution in [2.45, 2.75) is 12.5 Å². The Kier molecular flexibility index (Phi) is 3.94. The minimum Gasteiger partial charge on any atom is -0.493 e. The van der Waals surface area contributed by atoms with E-state index in [9.17, 15) is 4.39 Å². The lowest BCUT2D eigenvalue weighted by Gasteiger charge is -2.25. The molecule has 1 N–H and O–H groups in total. The summed E-state index contributed by atoms with van der Waals surface area (Å²) in [5.41, 5.74) is 1.97. The normalized spacial score (nSPS) is 17.0. The molecule has 1 atom stereocenters. The first-order valence-electron chi connectivity index (χ1n) is 6.55. The second kappa shape index (κ2) is 5.87. The van der Waals surface area contributed by atoms with Gasteiger partial charge >= 0.3 is 0 Å². The molecular weight excluding hydrogens is 295 g/mol. The van der Waals surface area contributed by atoms with Crippen LogP contribution in [0.3, 0.4) is 0 Å². The highest BCUT2D eigenvalue weighted by Crippen LogP contribution is 2.36. The zero-order valence-corrected chi connectivity index (χ0v) is 12.2. The molecule has 21 heavy (non-hydrogen) atoms. The van der Waals surface area contributed by atoms with Gasteiger partial charge in [0.05, 0.1) is 24.6 Å². The van der Waals surface area contributed by atoms with Gasteiger partial charge in [0.1, 0.15) is 10.9 Å². The van der Waals surface area contributed by atoms with Crippen molar-refractivity contribution >= 4 is 23.0 Å². The summed E-state index contributed by atoms with van der Waals surface area (Å²) in [6.45, 7) is 0.632. The average molecular weight is 309 g/mol. The van der Waals surface area contributed by atoms with Crippen molar-refractivity contribution in [1.29, 1.82) is 0 Å². The van der Waals surface area contributed by atoms with Crippen molar-refractivity contribution in [1.82, 2.24) is 4.98 Å². The van der Waals surface area contributed by atoms with Crippen LogP contribution in [0.4, 0.5) is 15.8 Å². The average Bonchev–Trinajstić information content (AvgIpc) is 2.50. The summed E-state index contributed by atoms with van der Waals surface area (Å²) in [6, 6.07) is 7.02. The van der Waals surface area contributed by atoms with E-state index in [2.05, 4.69) is 10.3 Å². The number of aromatic nitrogens is 1. The van der Waals surface area contributed by atoms with Gasteiger partial charge in [-0.3, -0.25) is 0 Å². The van der Waals surface area contributed by atoms with Crippen LogP contribution in [-0.2, 0) is 4.74 Å². The molecule has 1 unspecified atom stereocenters. The number of ether oxygens (including phenoxy) is 2. The molecule has 0 bridgehead atoms. The van der Waals surface area contributed by atoms with E-state index in [4.69, 9.17) is 21.1 Å². The van der Waals surface area contributed by atoms with Crippen LogP contribution in [0.1, 0.15) is 18.1 Å². The molecule has 0 saturated heterocycles. The van der Waals surface area contributed by atoms with Gasteiger partial charge in [0.15, 0.2) is 5.82 Å². The summed E-state index contributed by atoms with van der Waals surface area (Å²) in [4.78, 5) is 3.69. The Morgan fingerprint density at radius 1 is 1.43 bits per heavy atom. The van der Waals surface area contributed by atoms with Gasteiger partial charge in [0.25, 0.3) is 0 Å². The summed E-state index contributed by atoms with van der Waals surface area (Å²) >= 11 is 5.79. The third-order valence-corrected chi connectivity index (χ3v) is 3.59. The predicted molar refractivity (Wildman–Crippen MR) is 78.8 cm³/mol. The van der Waals surface area contributed by atoms with Crippen LogP contribution in [0.5, 0.6) is 5.75 Å². The zero-order valence-electron chi connectivity index (χ0n) is 11.4. The Morgan fingerprint density at radius 2 is 2.29 bits per heavy atom. The fourth-order valence-corrected chi connectivity index (χ4v) is 2.51. The topological polar surface area (TPSA) is 43.4 Å². The molecule has 4 nitrogen and oxygen atoms in total. The van der Waals surface area contributed by atoms with Gasteiger partial charge < -0.3 is 14.8 Å². The third kappa shape index (κ3) is 2.94. The highest BCUT2D eigenvalue weighted by atomic mass is 35.5. The van der Waals surface area contributed by atoms with Crippen LogP contribution < -0.4 is 10.1 Å². The highest BCUT2D eigenvalue weighted by Gasteiger charge is 2.21. The molecule has 3 rings (SSSR count). The van der Waals surface area contributed by atoms with Gasteiger partial charge in [-0.15, -0.1) is 0 Å². The largest absolute Gasteiger partial charge is 0.493 e. The lowest BCUT2D eigenvalue weighted by Crippen LogP contribution is -2.15. The fourth-order valence-electron chi connectivity index (χ4n) is 2.35. The SMILES string of the molecule is COC1CCOc2ccc(Nc3cc(Cl)ncc3F)cc21. The van der Waals surface area contributed by atoms with Crippen LogP contribution in [0.15, 0.2) is 30.5 Å². The van der Waals surface area contributed by atoms with E-state index >= 15 is 0 Å². The Morgan fingerprint density at radius 3 is 3.10 bits per heavy atom. The summed E-state index contributed by atoms with van der Waals surface area (Å²) in [5, 5.41) is 3.23. The van der Waals surface area contributed by atoms with Crippen LogP contribution in [-0.4, -0.2) is 18.7 Å². The minimum absolute atomic E-state index is 0.0126. The number of nitrogens with one attached hydrogen (secondary N) is 1. The fraction of sp³-hybridized carbons (Fsp3) is 0.267. The van der Waals surface area contributed by atoms with Gasteiger partial charge in [0, 0.05) is 30.8 Å². The van der Waals surface area contributed by atoms with E-state index in [0.717, 1.165) is 29.6 Å². The molecule has 0 fully saturated rings. The van der Waals surface area contributed by atoms with Crippen molar-refractivity contribution in [2.24, 2.45) is 0 Å². The number of hydrogen-bond acceptors (Lipinski definition) is 4. The van der Waals surface area contributed by atoms with Crippen molar-refractivity contribution in [3.8, 4) is 5.75 Å². The lowest BCUT2D eigenvalue weighted by molar-refractivity contribution is 0.0637. The predicted octanol–water partition coefficient (Wildman–Crippen LogP) is 4.09. The number of fused-ring (bicyclic) bond motifs is 1. The molecule has 1 aromatic carbocycles. The van der Waals surface area contributed by atoms with E-state index in [1.54, 1.807) is 7.11 Å². The van der Waals surface area contributed by atoms with Gasteiger partial charge in [-0.05, 0) is 18.2 Å². The zero-order chi connectivity index (χ0) is 14.8. The number of halogens is 2. The number of rotatable bonds is 3. The summed E-state index contributed by atoms with van der Waals surface area (Å²) in [7, 11) is 1.67. The molecular formula is C15H14ClFN2O2. The number of anilines is 2. The lowest BCUT2D eigenvalue weighted by atomic mass is 10.0. The molecule has 0 saturated carbocycles. The van der Waals surface area contributed by atoms with Crippen LogP contribution in [0.2, 0.25) is 5.15 Å². The number of hydrogen-bond donors (Lipinski definition) is 1. The van der Waals surface area contributed by atoms with Crippen molar-refractivity contribution < 1.29 is 13.9 Å². The number of nitrogens with zero attached hydrogens (tertiary/aromatic N) is 1. The van der Waals surface area contributed by atoms with Gasteiger partial charge in [-0.25, -0.2) is 9.37 Å². The third-order valence-electron chi connectivity index (χ3n) is 3.38. The number of pyridine rings is 1. The van der Waals surface area contributed by atoms with Gasteiger partial charge in [-0.2, -0.15) is 0 Å². The molecule has 1 aliphatic heterocycles. The molecule has 2 aromatic rings. The molecule has 0 radical (unpaired) electrons. The first-order chi connectivity index (χ1) is 10.2. The first-order valence-corrected chi connectivity index (χ1v) is 6.93. The first kappa shape index (κ1) is 14.1. The second-order valence-electron chi connectivity index (χ2n) is 4.73. The molecule has 6 heteroatoms. The molecule has 2 heterocycles. The van der Waals surface area contributed by atoms with Crippen LogP contribution in [0, 0.1) is 5.82 Å². The van der Waals surface area contributed by atoms with Gasteiger partial charge in [0.2, 0.25) is 0 Å². The maximum absolute atomic E-state index is 13.7. The summed E-state index contributed by atoms with van der Waals surface area (Å²) < 4.78 is 24.7. The van der Waals surface area contributed by atoms with E-state index in [1.807, 2.05) is 18.2 Å². The van der Waals surface area contributed by atoms with Crippen molar-refractivity contribution in [2.75, 3.05) is 19.0 Å². The summed E-state index contributed by atoms with van der Waals surface area (Å²) in [6.07, 6.45) is 1.87. The molecule has 0 spiro atoms. The van der Waals surface area contributed by atoms with Gasteiger partial charge in [-0.1, -0.05) is 11.6 Å². The number of benzene rings is 1. The molecule has 0 amide bonds. The Hall–Kier alpha value is -1.85. The smallest absolute Gasteiger partial charge is 0.164 e. The maximum Gasteiger partial charge on any atom is 0.164 e. The Bertz CT molecular complexity index is 666. The monoisotopic (exact) mass is 308 g/mol. The quantitative estimate of drug-likeness (QED) is 0.867. The molecule has 0 aliphatic carbocycles. The van der Waals surface area contributed by atoms with E-state index in [1.165, 1.54) is 6.07 Å². The van der Waals surface area contributed by atoms with E-state index in [0.29, 0.717) is 6.61 Å². The number of methoxy groups -OCH3 is 1. The molecule has 1 aromatic heterocycles. The van der Waals surface area contributed by atoms with E-state index in [-0.39, 0.29) is 16.9 Å². The molecule has 110 valence electrons. The van der Waals surface area contributed by atoms with Crippen LogP contribution in [0.25, 0.3) is 0 Å². The minimum atomic E-state index is -0.461. The standard InChI is InChI=1S/C15H14ClFN2O2/c1-20-13-4-5-21-14-3-2-9(6-10(13)14)19-12-7-15(16)18-8-11(12)17/h2-3,6-8,13H,4-5H2,1H3,(H,18,19). The van der Waals surface area contributed by atoms with Crippen molar-refractivity contribution in [3.05, 3.63) is 47.0 Å². The highest BCUT2D eigenvalue weighted by molar-refractivity contribution is 6.29. The summed E-state index contributed by atoms with van der Waals surface area (Å²) in [5.74, 6) is 0.337. The Balaban J connectivity index is 1.91. The Labute approximate surface area is 126 Å². The maximum atomic E-state index is 13.7. The molecule has 1 aliphatic rings. The van der Waals surface area contributed by atoms with E-state index < -0.39 is 5.82 Å². The van der Waals surface area contributed by atoms with Crippen LogP contribution >= 0.6 is 11.6 Å². The second-order valence-corrected chi connectivity index (χ2v) is 5.11.